The van der Waals surface area contributed by atoms with E-state index in [9.17, 15) is 14.4 Å². The Morgan fingerprint density at radius 2 is 1.59 bits per heavy atom. The Bertz CT molecular complexity index is 969. The van der Waals surface area contributed by atoms with Crippen molar-refractivity contribution >= 4 is 17.7 Å². The van der Waals surface area contributed by atoms with Gasteiger partial charge in [0.1, 0.15) is 11.8 Å². The molecule has 2 aromatic carbocycles. The first kappa shape index (κ1) is 24.9. The summed E-state index contributed by atoms with van der Waals surface area (Å²) in [5.74, 6) is -0.644. The highest BCUT2D eigenvalue weighted by Crippen LogP contribution is 2.27. The monoisotopic (exact) mass is 439 g/mol. The lowest BCUT2D eigenvalue weighted by Gasteiger charge is -2.22. The third-order valence-electron chi connectivity index (χ3n) is 4.99. The summed E-state index contributed by atoms with van der Waals surface area (Å²) in [7, 11) is 0. The fourth-order valence-corrected chi connectivity index (χ4v) is 3.18. The van der Waals surface area contributed by atoms with E-state index in [0.717, 1.165) is 16.7 Å². The average molecular weight is 440 g/mol. The maximum atomic E-state index is 12.6. The molecule has 0 aromatic heterocycles. The van der Waals surface area contributed by atoms with Gasteiger partial charge in [0.15, 0.2) is 6.61 Å². The maximum absolute atomic E-state index is 12.6. The summed E-state index contributed by atoms with van der Waals surface area (Å²) in [6, 6.07) is 12.2. The quantitative estimate of drug-likeness (QED) is 0.549. The summed E-state index contributed by atoms with van der Waals surface area (Å²) >= 11 is 0. The number of hydrogen-bond acceptors (Lipinski definition) is 4. The van der Waals surface area contributed by atoms with Gasteiger partial charge in [-0.25, -0.2) is 0 Å². The molecule has 0 radical (unpaired) electrons. The summed E-state index contributed by atoms with van der Waals surface area (Å²) in [6.07, 6.45) is 0. The molecule has 0 aliphatic rings. The van der Waals surface area contributed by atoms with Gasteiger partial charge < -0.3 is 10.1 Å². The molecule has 0 aliphatic heterocycles. The minimum atomic E-state index is -0.812. The molecule has 0 fully saturated rings. The molecule has 172 valence electrons. The molecule has 1 unspecified atom stereocenters. The van der Waals surface area contributed by atoms with Gasteiger partial charge >= 0.3 is 0 Å². The summed E-state index contributed by atoms with van der Waals surface area (Å²) in [6.45, 7) is 11.3. The standard InChI is InChI=1S/C25H33N3O4/c1-15(2)20-11-10-18(6)13-21(20)32-14-22(29)27-28-25(31)23(16(3)4)26-24(30)19-9-7-8-17(5)12-19/h7-13,15-16,23H,14H2,1-6H3,(H,26,30)(H,27,29)(H,28,31). The van der Waals surface area contributed by atoms with E-state index in [1.807, 2.05) is 52.0 Å². The SMILES string of the molecule is Cc1cccc(C(=O)NC(C(=O)NNC(=O)COc2cc(C)ccc2C(C)C)C(C)C)c1. The number of rotatable bonds is 8. The molecule has 1 atom stereocenters. The van der Waals surface area contributed by atoms with Gasteiger partial charge in [-0.15, -0.1) is 0 Å². The Kier molecular flexibility index (Phi) is 8.81. The Labute approximate surface area is 189 Å². The van der Waals surface area contributed by atoms with Crippen LogP contribution in [0, 0.1) is 19.8 Å². The van der Waals surface area contributed by atoms with E-state index in [1.54, 1.807) is 18.2 Å². The van der Waals surface area contributed by atoms with Crippen LogP contribution < -0.4 is 20.9 Å². The van der Waals surface area contributed by atoms with Gasteiger partial charge in [-0.2, -0.15) is 0 Å². The fraction of sp³-hybridized carbons (Fsp3) is 0.400. The highest BCUT2D eigenvalue weighted by molar-refractivity contribution is 5.98. The van der Waals surface area contributed by atoms with Crippen molar-refractivity contribution in [1.82, 2.24) is 16.2 Å². The zero-order valence-electron chi connectivity index (χ0n) is 19.6. The topological polar surface area (TPSA) is 96.5 Å². The van der Waals surface area contributed by atoms with E-state index < -0.39 is 17.9 Å². The van der Waals surface area contributed by atoms with Crippen LogP contribution in [0.2, 0.25) is 0 Å². The van der Waals surface area contributed by atoms with Crippen LogP contribution in [-0.4, -0.2) is 30.4 Å². The van der Waals surface area contributed by atoms with Crippen LogP contribution >= 0.6 is 0 Å². The normalized spacial score (nSPS) is 11.8. The van der Waals surface area contributed by atoms with Crippen LogP contribution in [0.5, 0.6) is 5.75 Å². The number of ether oxygens (including phenoxy) is 1. The lowest BCUT2D eigenvalue weighted by molar-refractivity contribution is -0.131. The molecule has 0 bridgehead atoms. The largest absolute Gasteiger partial charge is 0.483 e. The zero-order chi connectivity index (χ0) is 23.8. The van der Waals surface area contributed by atoms with Gasteiger partial charge in [-0.3, -0.25) is 25.2 Å². The van der Waals surface area contributed by atoms with Crippen molar-refractivity contribution in [1.29, 1.82) is 0 Å². The molecule has 7 heteroatoms. The van der Waals surface area contributed by atoms with Gasteiger partial charge in [-0.05, 0) is 55.0 Å². The molecule has 0 saturated heterocycles. The van der Waals surface area contributed by atoms with Crippen LogP contribution in [0.3, 0.4) is 0 Å². The molecule has 0 spiro atoms. The van der Waals surface area contributed by atoms with E-state index in [-0.39, 0.29) is 24.3 Å². The highest BCUT2D eigenvalue weighted by Gasteiger charge is 2.25. The number of hydrazine groups is 1. The molecule has 0 heterocycles. The Morgan fingerprint density at radius 3 is 2.22 bits per heavy atom. The van der Waals surface area contributed by atoms with Crippen molar-refractivity contribution < 1.29 is 19.1 Å². The summed E-state index contributed by atoms with van der Waals surface area (Å²) in [5.41, 5.74) is 8.20. The van der Waals surface area contributed by atoms with Crippen molar-refractivity contribution in [2.24, 2.45) is 5.92 Å². The number of carbonyl (C=O) groups excluding carboxylic acids is 3. The first-order valence-electron chi connectivity index (χ1n) is 10.8. The van der Waals surface area contributed by atoms with Crippen molar-refractivity contribution in [3.05, 3.63) is 64.7 Å². The van der Waals surface area contributed by atoms with Crippen molar-refractivity contribution in [2.75, 3.05) is 6.61 Å². The predicted octanol–water partition coefficient (Wildman–Crippen LogP) is 3.41. The molecule has 2 rings (SSSR count). The number of nitrogens with one attached hydrogen (secondary N) is 3. The second-order valence-corrected chi connectivity index (χ2v) is 8.59. The average Bonchev–Trinajstić information content (AvgIpc) is 2.73. The molecule has 0 aliphatic carbocycles. The molecule has 3 amide bonds. The van der Waals surface area contributed by atoms with Crippen LogP contribution in [0.15, 0.2) is 42.5 Å². The molecule has 0 saturated carbocycles. The van der Waals surface area contributed by atoms with E-state index in [1.165, 1.54) is 0 Å². The number of hydrogen-bond donors (Lipinski definition) is 3. The lowest BCUT2D eigenvalue weighted by Crippen LogP contribution is -2.55. The van der Waals surface area contributed by atoms with Crippen LogP contribution in [-0.2, 0) is 9.59 Å². The van der Waals surface area contributed by atoms with Crippen LogP contribution in [0.4, 0.5) is 0 Å². The van der Waals surface area contributed by atoms with Crippen LogP contribution in [0.25, 0.3) is 0 Å². The highest BCUT2D eigenvalue weighted by atomic mass is 16.5. The summed E-state index contributed by atoms with van der Waals surface area (Å²) in [4.78, 5) is 37.4. The number of amides is 3. The minimum Gasteiger partial charge on any atom is -0.483 e. The smallest absolute Gasteiger partial charge is 0.276 e. The Balaban J connectivity index is 1.92. The minimum absolute atomic E-state index is 0.183. The van der Waals surface area contributed by atoms with E-state index in [4.69, 9.17) is 4.74 Å². The Morgan fingerprint density at radius 1 is 0.906 bits per heavy atom. The second kappa shape index (κ2) is 11.3. The van der Waals surface area contributed by atoms with Crippen molar-refractivity contribution in [2.45, 2.75) is 53.5 Å². The third-order valence-corrected chi connectivity index (χ3v) is 4.99. The van der Waals surface area contributed by atoms with Crippen LogP contribution in [0.1, 0.15) is 60.7 Å². The first-order valence-corrected chi connectivity index (χ1v) is 10.8. The third kappa shape index (κ3) is 7.11. The molecular weight excluding hydrogens is 406 g/mol. The zero-order valence-corrected chi connectivity index (χ0v) is 19.6. The van der Waals surface area contributed by atoms with E-state index in [0.29, 0.717) is 11.3 Å². The summed E-state index contributed by atoms with van der Waals surface area (Å²) < 4.78 is 5.68. The first-order chi connectivity index (χ1) is 15.1. The van der Waals surface area contributed by atoms with Gasteiger partial charge in [0.05, 0.1) is 0 Å². The summed E-state index contributed by atoms with van der Waals surface area (Å²) in [5, 5.41) is 2.73. The molecule has 32 heavy (non-hydrogen) atoms. The Hall–Kier alpha value is -3.35. The van der Waals surface area contributed by atoms with Gasteiger partial charge in [0, 0.05) is 5.56 Å². The van der Waals surface area contributed by atoms with Gasteiger partial charge in [-0.1, -0.05) is 57.5 Å². The fourth-order valence-electron chi connectivity index (χ4n) is 3.18. The van der Waals surface area contributed by atoms with Crippen molar-refractivity contribution in [3.8, 4) is 5.75 Å². The van der Waals surface area contributed by atoms with E-state index >= 15 is 0 Å². The molecule has 2 aromatic rings. The molecule has 7 nitrogen and oxygen atoms in total. The maximum Gasteiger partial charge on any atom is 0.276 e. The van der Waals surface area contributed by atoms with Crippen molar-refractivity contribution in [3.63, 3.8) is 0 Å². The number of aryl methyl sites for hydroxylation is 2. The molecule has 3 N–H and O–H groups in total. The second-order valence-electron chi connectivity index (χ2n) is 8.59. The van der Waals surface area contributed by atoms with Gasteiger partial charge in [0.25, 0.3) is 17.7 Å². The van der Waals surface area contributed by atoms with E-state index in [2.05, 4.69) is 30.0 Å². The van der Waals surface area contributed by atoms with Gasteiger partial charge in [0.2, 0.25) is 0 Å². The molecular formula is C25H33N3O4. The predicted molar refractivity (Wildman–Crippen MR) is 124 cm³/mol. The number of carbonyl (C=O) groups is 3. The number of benzene rings is 2. The lowest BCUT2D eigenvalue weighted by atomic mass is 10.0.